The second-order valence-corrected chi connectivity index (χ2v) is 5.69. The molecule has 1 aliphatic heterocycles. The van der Waals surface area contributed by atoms with Crippen LogP contribution in [0, 0.1) is 0 Å². The van der Waals surface area contributed by atoms with Gasteiger partial charge in [-0.25, -0.2) is 9.59 Å². The maximum atomic E-state index is 12.5. The van der Waals surface area contributed by atoms with Crippen molar-refractivity contribution in [2.45, 2.75) is 31.8 Å². The average Bonchev–Trinajstić information content (AvgIpc) is 2.95. The van der Waals surface area contributed by atoms with Crippen LogP contribution in [-0.4, -0.2) is 46.5 Å². The van der Waals surface area contributed by atoms with Gasteiger partial charge in [-0.3, -0.25) is 0 Å². The predicted molar refractivity (Wildman–Crippen MR) is 80.4 cm³/mol. The van der Waals surface area contributed by atoms with Gasteiger partial charge in [0, 0.05) is 18.6 Å². The molecule has 1 aromatic rings. The zero-order valence-electron chi connectivity index (χ0n) is 12.1. The van der Waals surface area contributed by atoms with Crippen molar-refractivity contribution in [3.05, 3.63) is 34.9 Å². The van der Waals surface area contributed by atoms with Gasteiger partial charge in [0.15, 0.2) is 0 Å². The average molecular weight is 311 g/mol. The molecule has 114 valence electrons. The van der Waals surface area contributed by atoms with Crippen molar-refractivity contribution >= 4 is 23.6 Å². The topological polar surface area (TPSA) is 60.9 Å². The van der Waals surface area contributed by atoms with Crippen LogP contribution in [0.2, 0.25) is 5.02 Å². The summed E-state index contributed by atoms with van der Waals surface area (Å²) in [5, 5.41) is 9.78. The Bertz CT molecular complexity index is 549. The van der Waals surface area contributed by atoms with E-state index in [0.29, 0.717) is 18.0 Å². The second kappa shape index (κ2) is 6.35. The molecule has 0 bridgehead atoms. The molecule has 0 spiro atoms. The number of carbonyl (C=O) groups excluding carboxylic acids is 1. The summed E-state index contributed by atoms with van der Waals surface area (Å²) in [6, 6.07) is 6.14. The Labute approximate surface area is 129 Å². The van der Waals surface area contributed by atoms with Gasteiger partial charge in [-0.1, -0.05) is 29.8 Å². The van der Waals surface area contributed by atoms with Gasteiger partial charge in [-0.05, 0) is 31.4 Å². The Hall–Kier alpha value is -1.75. The van der Waals surface area contributed by atoms with E-state index in [2.05, 4.69) is 0 Å². The molecule has 0 aromatic heterocycles. The quantitative estimate of drug-likeness (QED) is 0.933. The Morgan fingerprint density at radius 2 is 2.10 bits per heavy atom. The zero-order valence-corrected chi connectivity index (χ0v) is 12.9. The number of benzene rings is 1. The first kappa shape index (κ1) is 15.6. The highest BCUT2D eigenvalue weighted by molar-refractivity contribution is 6.31. The normalized spacial score (nSPS) is 19.4. The zero-order chi connectivity index (χ0) is 15.6. The Kier molecular flexibility index (Phi) is 4.73. The molecule has 21 heavy (non-hydrogen) atoms. The van der Waals surface area contributed by atoms with Crippen LogP contribution in [0.5, 0.6) is 0 Å². The molecule has 1 aromatic carbocycles. The standard InChI is InChI=1S/C15H19ClN2O3/c1-10(11-6-3-4-7-12(11)16)17(2)15(21)18-9-5-8-13(18)14(19)20/h3-4,6-7,10,13H,5,8-9H2,1-2H3,(H,19,20). The molecular formula is C15H19ClN2O3. The smallest absolute Gasteiger partial charge is 0.326 e. The van der Waals surface area contributed by atoms with Gasteiger partial charge >= 0.3 is 12.0 Å². The van der Waals surface area contributed by atoms with Crippen molar-refractivity contribution in [1.82, 2.24) is 9.80 Å². The highest BCUT2D eigenvalue weighted by Crippen LogP contribution is 2.28. The van der Waals surface area contributed by atoms with Crippen LogP contribution >= 0.6 is 11.6 Å². The third-order valence-electron chi connectivity index (χ3n) is 4.02. The Morgan fingerprint density at radius 3 is 2.71 bits per heavy atom. The minimum absolute atomic E-state index is 0.221. The van der Waals surface area contributed by atoms with Crippen LogP contribution in [-0.2, 0) is 4.79 Å². The van der Waals surface area contributed by atoms with Crippen molar-refractivity contribution in [1.29, 1.82) is 0 Å². The van der Waals surface area contributed by atoms with Crippen LogP contribution in [0.1, 0.15) is 31.4 Å². The summed E-state index contributed by atoms with van der Waals surface area (Å²) >= 11 is 6.16. The van der Waals surface area contributed by atoms with Crippen LogP contribution < -0.4 is 0 Å². The van der Waals surface area contributed by atoms with Crippen LogP contribution in [0.3, 0.4) is 0 Å². The van der Waals surface area contributed by atoms with Crippen LogP contribution in [0.25, 0.3) is 0 Å². The molecule has 1 fully saturated rings. The number of hydrogen-bond acceptors (Lipinski definition) is 2. The number of aliphatic carboxylic acids is 1. The highest BCUT2D eigenvalue weighted by atomic mass is 35.5. The third kappa shape index (κ3) is 3.13. The SMILES string of the molecule is CC(c1ccccc1Cl)N(C)C(=O)N1CCCC1C(=O)O. The molecule has 1 N–H and O–H groups in total. The van der Waals surface area contributed by atoms with E-state index in [4.69, 9.17) is 11.6 Å². The molecule has 1 heterocycles. The first-order valence-corrected chi connectivity index (χ1v) is 7.32. The number of urea groups is 1. The molecular weight excluding hydrogens is 292 g/mol. The number of hydrogen-bond donors (Lipinski definition) is 1. The van der Waals surface area contributed by atoms with Crippen LogP contribution in [0.15, 0.2) is 24.3 Å². The summed E-state index contributed by atoms with van der Waals surface area (Å²) in [7, 11) is 1.67. The van der Waals surface area contributed by atoms with Crippen molar-refractivity contribution in [3.63, 3.8) is 0 Å². The fourth-order valence-corrected chi connectivity index (χ4v) is 2.94. The number of carbonyl (C=O) groups is 2. The lowest BCUT2D eigenvalue weighted by Crippen LogP contribution is -2.47. The summed E-state index contributed by atoms with van der Waals surface area (Å²) in [5.41, 5.74) is 0.848. The molecule has 0 saturated carbocycles. The number of rotatable bonds is 3. The lowest BCUT2D eigenvalue weighted by Gasteiger charge is -2.32. The van der Waals surface area contributed by atoms with E-state index in [0.717, 1.165) is 12.0 Å². The number of halogens is 1. The molecule has 2 amide bonds. The maximum absolute atomic E-state index is 12.5. The first-order valence-electron chi connectivity index (χ1n) is 6.94. The third-order valence-corrected chi connectivity index (χ3v) is 4.37. The first-order chi connectivity index (χ1) is 9.93. The summed E-state index contributed by atoms with van der Waals surface area (Å²) in [4.78, 5) is 26.7. The van der Waals surface area contributed by atoms with E-state index in [1.807, 2.05) is 25.1 Å². The lowest BCUT2D eigenvalue weighted by molar-refractivity contribution is -0.141. The second-order valence-electron chi connectivity index (χ2n) is 5.28. The van der Waals surface area contributed by atoms with Crippen molar-refractivity contribution < 1.29 is 14.7 Å². The summed E-state index contributed by atoms with van der Waals surface area (Å²) in [5.74, 6) is -0.945. The monoisotopic (exact) mass is 310 g/mol. The minimum Gasteiger partial charge on any atom is -0.480 e. The van der Waals surface area contributed by atoms with Crippen molar-refractivity contribution in [2.75, 3.05) is 13.6 Å². The van der Waals surface area contributed by atoms with Gasteiger partial charge in [0.05, 0.1) is 6.04 Å². The molecule has 5 nitrogen and oxygen atoms in total. The van der Waals surface area contributed by atoms with Gasteiger partial charge in [0.1, 0.15) is 6.04 Å². The maximum Gasteiger partial charge on any atom is 0.326 e. The molecule has 6 heteroatoms. The molecule has 0 radical (unpaired) electrons. The number of likely N-dealkylation sites (tertiary alicyclic amines) is 1. The van der Waals surface area contributed by atoms with E-state index < -0.39 is 12.0 Å². The van der Waals surface area contributed by atoms with Crippen molar-refractivity contribution in [2.24, 2.45) is 0 Å². The molecule has 2 rings (SSSR count). The predicted octanol–water partition coefficient (Wildman–Crippen LogP) is 3.00. The Balaban J connectivity index is 2.16. The number of carboxylic acids is 1. The number of nitrogens with zero attached hydrogens (tertiary/aromatic N) is 2. The lowest BCUT2D eigenvalue weighted by atomic mass is 10.1. The summed E-state index contributed by atoms with van der Waals surface area (Å²) in [6.07, 6.45) is 1.23. The fourth-order valence-electron chi connectivity index (χ4n) is 2.64. The largest absolute Gasteiger partial charge is 0.480 e. The fraction of sp³-hybridized carbons (Fsp3) is 0.467. The summed E-state index contributed by atoms with van der Waals surface area (Å²) in [6.45, 7) is 2.36. The van der Waals surface area contributed by atoms with E-state index in [-0.39, 0.29) is 12.1 Å². The number of carboxylic acid groups (broad SMARTS) is 1. The van der Waals surface area contributed by atoms with E-state index in [9.17, 15) is 14.7 Å². The van der Waals surface area contributed by atoms with Gasteiger partial charge in [0.2, 0.25) is 0 Å². The Morgan fingerprint density at radius 1 is 1.43 bits per heavy atom. The molecule has 1 aliphatic rings. The summed E-state index contributed by atoms with van der Waals surface area (Å²) < 4.78 is 0. The van der Waals surface area contributed by atoms with Gasteiger partial charge < -0.3 is 14.9 Å². The van der Waals surface area contributed by atoms with Gasteiger partial charge in [0.25, 0.3) is 0 Å². The van der Waals surface area contributed by atoms with E-state index >= 15 is 0 Å². The molecule has 2 unspecified atom stereocenters. The molecule has 0 aliphatic carbocycles. The van der Waals surface area contributed by atoms with Gasteiger partial charge in [-0.15, -0.1) is 0 Å². The van der Waals surface area contributed by atoms with Crippen molar-refractivity contribution in [3.8, 4) is 0 Å². The molecule has 1 saturated heterocycles. The van der Waals surface area contributed by atoms with E-state index in [1.165, 1.54) is 4.90 Å². The minimum atomic E-state index is -0.945. The highest BCUT2D eigenvalue weighted by Gasteiger charge is 2.36. The van der Waals surface area contributed by atoms with E-state index in [1.54, 1.807) is 18.0 Å². The van der Waals surface area contributed by atoms with Gasteiger partial charge in [-0.2, -0.15) is 0 Å². The number of amides is 2. The molecule has 2 atom stereocenters. The van der Waals surface area contributed by atoms with Crippen LogP contribution in [0.4, 0.5) is 4.79 Å².